The van der Waals surface area contributed by atoms with Crippen molar-refractivity contribution in [3.05, 3.63) is 60.3 Å². The molecule has 0 atom stereocenters. The van der Waals surface area contributed by atoms with Crippen LogP contribution < -0.4 is 4.72 Å². The number of rotatable bonds is 4. The lowest BCUT2D eigenvalue weighted by Crippen LogP contribution is -2.15. The van der Waals surface area contributed by atoms with Gasteiger partial charge in [0.1, 0.15) is 11.6 Å². The number of imidazole rings is 1. The predicted octanol–water partition coefficient (Wildman–Crippen LogP) is 4.06. The summed E-state index contributed by atoms with van der Waals surface area (Å²) in [5.41, 5.74) is 2.94. The van der Waals surface area contributed by atoms with Crippen LogP contribution in [0.1, 0.15) is 26.5 Å². The lowest BCUT2D eigenvalue weighted by atomic mass is 9.92. The maximum Gasteiger partial charge on any atom is 0.263 e. The Balaban J connectivity index is 1.67. The number of fused-ring (bicyclic) bond motifs is 1. The standard InChI is InChI=1S/C21H23N5O2S/c1-21(2,3)18-13-19(26(4)24-18)25-29(27,28)15-10-11-16-17(12-15)23-20(22-16)14-8-6-5-7-9-14/h5-13,25H,1-4H3,(H,22,23). The zero-order valence-corrected chi connectivity index (χ0v) is 17.6. The van der Waals surface area contributed by atoms with Crippen LogP contribution in [-0.4, -0.2) is 28.2 Å². The Morgan fingerprint density at radius 3 is 2.41 bits per heavy atom. The molecule has 2 heterocycles. The van der Waals surface area contributed by atoms with E-state index in [1.165, 1.54) is 0 Å². The van der Waals surface area contributed by atoms with Gasteiger partial charge in [-0.25, -0.2) is 13.4 Å². The zero-order chi connectivity index (χ0) is 20.8. The van der Waals surface area contributed by atoms with E-state index in [0.29, 0.717) is 22.7 Å². The average molecular weight is 410 g/mol. The minimum atomic E-state index is -3.77. The summed E-state index contributed by atoms with van der Waals surface area (Å²) in [6, 6.07) is 16.3. The average Bonchev–Trinajstić information content (AvgIpc) is 3.25. The number of sulfonamides is 1. The molecule has 2 aromatic heterocycles. The van der Waals surface area contributed by atoms with E-state index in [1.807, 2.05) is 51.1 Å². The Bertz CT molecular complexity index is 1280. The second kappa shape index (κ2) is 6.73. The molecular weight excluding hydrogens is 386 g/mol. The number of nitrogens with one attached hydrogen (secondary N) is 2. The summed E-state index contributed by atoms with van der Waals surface area (Å²) in [5, 5.41) is 4.42. The van der Waals surface area contributed by atoms with Crippen molar-refractivity contribution in [1.29, 1.82) is 0 Å². The Morgan fingerprint density at radius 2 is 1.76 bits per heavy atom. The van der Waals surface area contributed by atoms with Gasteiger partial charge in [-0.3, -0.25) is 9.40 Å². The quantitative estimate of drug-likeness (QED) is 0.532. The van der Waals surface area contributed by atoms with E-state index in [0.717, 1.165) is 11.3 Å². The molecule has 150 valence electrons. The number of aryl methyl sites for hydroxylation is 1. The van der Waals surface area contributed by atoms with Gasteiger partial charge in [0.05, 0.1) is 21.6 Å². The molecule has 0 unspecified atom stereocenters. The van der Waals surface area contributed by atoms with Crippen molar-refractivity contribution >= 4 is 26.9 Å². The van der Waals surface area contributed by atoms with Crippen molar-refractivity contribution in [3.8, 4) is 11.4 Å². The van der Waals surface area contributed by atoms with E-state index in [-0.39, 0.29) is 10.3 Å². The highest BCUT2D eigenvalue weighted by atomic mass is 32.2. The van der Waals surface area contributed by atoms with E-state index >= 15 is 0 Å². The highest BCUT2D eigenvalue weighted by Crippen LogP contribution is 2.26. The van der Waals surface area contributed by atoms with E-state index < -0.39 is 10.0 Å². The summed E-state index contributed by atoms with van der Waals surface area (Å²) in [6.07, 6.45) is 0. The largest absolute Gasteiger partial charge is 0.338 e. The van der Waals surface area contributed by atoms with Crippen LogP contribution in [-0.2, 0) is 22.5 Å². The number of hydrogen-bond acceptors (Lipinski definition) is 4. The Hall–Kier alpha value is -3.13. The van der Waals surface area contributed by atoms with Crippen molar-refractivity contribution in [3.63, 3.8) is 0 Å². The van der Waals surface area contributed by atoms with Gasteiger partial charge in [-0.1, -0.05) is 51.1 Å². The van der Waals surface area contributed by atoms with E-state index in [1.54, 1.807) is 36.0 Å². The smallest absolute Gasteiger partial charge is 0.263 e. The molecule has 8 heteroatoms. The Morgan fingerprint density at radius 1 is 1.03 bits per heavy atom. The first kappa shape index (κ1) is 19.2. The lowest BCUT2D eigenvalue weighted by molar-refractivity contribution is 0.553. The maximum atomic E-state index is 12.9. The van der Waals surface area contributed by atoms with Crippen molar-refractivity contribution < 1.29 is 8.42 Å². The van der Waals surface area contributed by atoms with Gasteiger partial charge in [0.15, 0.2) is 0 Å². The van der Waals surface area contributed by atoms with Gasteiger partial charge in [0.2, 0.25) is 0 Å². The first-order valence-electron chi connectivity index (χ1n) is 9.26. The van der Waals surface area contributed by atoms with E-state index in [4.69, 9.17) is 0 Å². The highest BCUT2D eigenvalue weighted by Gasteiger charge is 2.22. The molecule has 0 fully saturated rings. The molecule has 0 amide bonds. The van der Waals surface area contributed by atoms with Crippen LogP contribution in [0.15, 0.2) is 59.5 Å². The number of nitrogens with zero attached hydrogens (tertiary/aromatic N) is 3. The summed E-state index contributed by atoms with van der Waals surface area (Å²) in [5.74, 6) is 1.12. The third-order valence-corrected chi connectivity index (χ3v) is 6.05. The Labute approximate surface area is 169 Å². The number of aromatic amines is 1. The SMILES string of the molecule is Cn1nc(C(C)(C)C)cc1NS(=O)(=O)c1ccc2nc(-c3ccccc3)[nH]c2c1. The molecule has 2 aromatic carbocycles. The van der Waals surface area contributed by atoms with Crippen LogP contribution in [0.25, 0.3) is 22.4 Å². The molecular formula is C21H23N5O2S. The maximum absolute atomic E-state index is 12.9. The second-order valence-corrected chi connectivity index (χ2v) is 9.71. The van der Waals surface area contributed by atoms with Gasteiger partial charge >= 0.3 is 0 Å². The number of benzene rings is 2. The van der Waals surface area contributed by atoms with E-state index in [2.05, 4.69) is 19.8 Å². The van der Waals surface area contributed by atoms with Crippen LogP contribution in [0.5, 0.6) is 0 Å². The molecule has 0 aliphatic carbocycles. The molecule has 29 heavy (non-hydrogen) atoms. The van der Waals surface area contributed by atoms with Gasteiger partial charge in [0, 0.05) is 24.1 Å². The van der Waals surface area contributed by atoms with Gasteiger partial charge in [-0.05, 0) is 18.2 Å². The van der Waals surface area contributed by atoms with Crippen LogP contribution in [0.3, 0.4) is 0 Å². The molecule has 0 saturated heterocycles. The molecule has 4 rings (SSSR count). The predicted molar refractivity (Wildman–Crippen MR) is 114 cm³/mol. The molecule has 0 radical (unpaired) electrons. The summed E-state index contributed by atoms with van der Waals surface area (Å²) < 4.78 is 30.1. The third-order valence-electron chi connectivity index (χ3n) is 4.70. The second-order valence-electron chi connectivity index (χ2n) is 8.02. The summed E-state index contributed by atoms with van der Waals surface area (Å²) in [6.45, 7) is 6.10. The minimum Gasteiger partial charge on any atom is -0.338 e. The third kappa shape index (κ3) is 3.75. The van der Waals surface area contributed by atoms with Crippen molar-refractivity contribution in [2.45, 2.75) is 31.1 Å². The number of anilines is 1. The molecule has 2 N–H and O–H groups in total. The topological polar surface area (TPSA) is 92.7 Å². The van der Waals surface area contributed by atoms with E-state index in [9.17, 15) is 8.42 Å². The van der Waals surface area contributed by atoms with Gasteiger partial charge < -0.3 is 4.98 Å². The van der Waals surface area contributed by atoms with Gasteiger partial charge in [-0.15, -0.1) is 0 Å². The fourth-order valence-electron chi connectivity index (χ4n) is 3.01. The van der Waals surface area contributed by atoms with Gasteiger partial charge in [-0.2, -0.15) is 5.10 Å². The fraction of sp³-hybridized carbons (Fsp3) is 0.238. The monoisotopic (exact) mass is 409 g/mol. The summed E-state index contributed by atoms with van der Waals surface area (Å²) >= 11 is 0. The number of hydrogen-bond donors (Lipinski definition) is 2. The summed E-state index contributed by atoms with van der Waals surface area (Å²) in [7, 11) is -2.05. The van der Waals surface area contributed by atoms with Crippen molar-refractivity contribution in [2.75, 3.05) is 4.72 Å². The molecule has 0 bridgehead atoms. The van der Waals surface area contributed by atoms with Crippen LogP contribution in [0.4, 0.5) is 5.82 Å². The molecule has 7 nitrogen and oxygen atoms in total. The van der Waals surface area contributed by atoms with Crippen molar-refractivity contribution in [2.24, 2.45) is 7.05 Å². The Kier molecular flexibility index (Phi) is 4.46. The van der Waals surface area contributed by atoms with Crippen LogP contribution in [0.2, 0.25) is 0 Å². The number of H-pyrrole nitrogens is 1. The molecule has 0 aliphatic heterocycles. The highest BCUT2D eigenvalue weighted by molar-refractivity contribution is 7.92. The molecule has 0 spiro atoms. The molecule has 0 saturated carbocycles. The summed E-state index contributed by atoms with van der Waals surface area (Å²) in [4.78, 5) is 7.91. The first-order chi connectivity index (χ1) is 13.6. The fourth-order valence-corrected chi connectivity index (χ4v) is 4.12. The van der Waals surface area contributed by atoms with Crippen LogP contribution in [0, 0.1) is 0 Å². The zero-order valence-electron chi connectivity index (χ0n) is 16.8. The molecule has 0 aliphatic rings. The van der Waals surface area contributed by atoms with Crippen molar-refractivity contribution in [1.82, 2.24) is 19.7 Å². The number of aromatic nitrogens is 4. The van der Waals surface area contributed by atoms with Gasteiger partial charge in [0.25, 0.3) is 10.0 Å². The lowest BCUT2D eigenvalue weighted by Gasteiger charge is -2.13. The normalized spacial score (nSPS) is 12.4. The van der Waals surface area contributed by atoms with Crippen LogP contribution >= 0.6 is 0 Å². The first-order valence-corrected chi connectivity index (χ1v) is 10.7. The minimum absolute atomic E-state index is 0.159. The molecule has 4 aromatic rings.